The van der Waals surface area contributed by atoms with Crippen molar-refractivity contribution in [1.82, 2.24) is 29.9 Å². The quantitative estimate of drug-likeness (QED) is 0.640. The number of rotatable bonds is 8. The van der Waals surface area contributed by atoms with Crippen molar-refractivity contribution in [2.75, 3.05) is 20.7 Å². The number of aromatic nitrogens is 4. The minimum absolute atomic E-state index is 0.206. The fourth-order valence-electron chi connectivity index (χ4n) is 2.73. The van der Waals surface area contributed by atoms with E-state index in [1.165, 1.54) is 4.90 Å². The van der Waals surface area contributed by atoms with Crippen molar-refractivity contribution in [2.45, 2.75) is 26.4 Å². The number of nitrogens with zero attached hydrogens (tertiary/aromatic N) is 5. The van der Waals surface area contributed by atoms with Crippen LogP contribution in [0.15, 0.2) is 41.2 Å². The van der Waals surface area contributed by atoms with Gasteiger partial charge in [0.1, 0.15) is 18.1 Å². The third-order valence-electron chi connectivity index (χ3n) is 4.28. The lowest BCUT2D eigenvalue weighted by molar-refractivity contribution is 0.199. The van der Waals surface area contributed by atoms with Gasteiger partial charge < -0.3 is 24.0 Å². The van der Waals surface area contributed by atoms with Gasteiger partial charge in [-0.15, -0.1) is 0 Å². The number of amides is 2. The van der Waals surface area contributed by atoms with Crippen LogP contribution in [0.25, 0.3) is 11.4 Å². The number of ether oxygens (including phenoxy) is 1. The second-order valence-electron chi connectivity index (χ2n) is 6.22. The first kappa shape index (κ1) is 19.4. The van der Waals surface area contributed by atoms with Crippen LogP contribution in [-0.4, -0.2) is 51.3 Å². The van der Waals surface area contributed by atoms with Crippen molar-refractivity contribution in [3.8, 4) is 17.1 Å². The molecule has 0 aliphatic rings. The highest BCUT2D eigenvalue weighted by molar-refractivity contribution is 5.73. The van der Waals surface area contributed by atoms with Gasteiger partial charge >= 0.3 is 6.03 Å². The molecule has 2 aromatic heterocycles. The molecule has 0 atom stereocenters. The lowest BCUT2D eigenvalue weighted by Crippen LogP contribution is -2.38. The van der Waals surface area contributed by atoms with Gasteiger partial charge in [0.2, 0.25) is 11.7 Å². The summed E-state index contributed by atoms with van der Waals surface area (Å²) in [5.74, 6) is 2.59. The molecule has 9 heteroatoms. The van der Waals surface area contributed by atoms with E-state index in [1.807, 2.05) is 35.0 Å². The molecule has 3 rings (SSSR count). The van der Waals surface area contributed by atoms with Crippen molar-refractivity contribution in [2.24, 2.45) is 0 Å². The number of hydrogen-bond donors (Lipinski definition) is 1. The van der Waals surface area contributed by atoms with Gasteiger partial charge in [0.25, 0.3) is 0 Å². The summed E-state index contributed by atoms with van der Waals surface area (Å²) in [5.41, 5.74) is 0.815. The van der Waals surface area contributed by atoms with Gasteiger partial charge in [-0.3, -0.25) is 0 Å². The van der Waals surface area contributed by atoms with Gasteiger partial charge in [0.15, 0.2) is 0 Å². The first-order valence-corrected chi connectivity index (χ1v) is 9.06. The Balaban J connectivity index is 1.50. The fraction of sp³-hybridized carbons (Fsp3) is 0.368. The summed E-state index contributed by atoms with van der Waals surface area (Å²) in [6.07, 6.45) is 4.53. The summed E-state index contributed by atoms with van der Waals surface area (Å²) in [4.78, 5) is 22.4. The second-order valence-corrected chi connectivity index (χ2v) is 6.22. The number of nitrogens with one attached hydrogen (secondary N) is 1. The maximum absolute atomic E-state index is 12.3. The van der Waals surface area contributed by atoms with E-state index in [1.54, 1.807) is 20.4 Å². The molecule has 0 saturated carbocycles. The minimum Gasteiger partial charge on any atom is -0.497 e. The van der Waals surface area contributed by atoms with E-state index in [0.29, 0.717) is 24.8 Å². The Morgan fingerprint density at radius 3 is 2.82 bits per heavy atom. The summed E-state index contributed by atoms with van der Waals surface area (Å²) < 4.78 is 12.4. The lowest BCUT2D eigenvalue weighted by atomic mass is 10.2. The van der Waals surface area contributed by atoms with E-state index in [4.69, 9.17) is 9.26 Å². The van der Waals surface area contributed by atoms with E-state index in [-0.39, 0.29) is 12.6 Å². The summed E-state index contributed by atoms with van der Waals surface area (Å²) in [6, 6.07) is 7.15. The minimum atomic E-state index is -0.206. The maximum Gasteiger partial charge on any atom is 0.317 e. The molecular formula is C19H24N6O3. The number of benzene rings is 1. The molecule has 1 N–H and O–H groups in total. The first-order valence-electron chi connectivity index (χ1n) is 9.06. The molecule has 0 aliphatic heterocycles. The standard InChI is InChI=1S/C19H24N6O3/c1-4-16-20-9-11-25(16)12-10-21-19(26)24(2)13-17-22-18(23-28-17)14-5-7-15(27-3)8-6-14/h5-9,11H,4,10,12-13H2,1-3H3,(H,21,26). The van der Waals surface area contributed by atoms with E-state index < -0.39 is 0 Å². The van der Waals surface area contributed by atoms with Crippen LogP contribution in [0.3, 0.4) is 0 Å². The van der Waals surface area contributed by atoms with Crippen LogP contribution in [0.5, 0.6) is 5.75 Å². The average Bonchev–Trinajstić information content (AvgIpc) is 3.37. The smallest absolute Gasteiger partial charge is 0.317 e. The number of aryl methyl sites for hydroxylation is 1. The third kappa shape index (κ3) is 4.67. The number of urea groups is 1. The van der Waals surface area contributed by atoms with Crippen molar-refractivity contribution in [3.05, 3.63) is 48.4 Å². The van der Waals surface area contributed by atoms with Crippen LogP contribution in [0.2, 0.25) is 0 Å². The Morgan fingerprint density at radius 2 is 2.11 bits per heavy atom. The highest BCUT2D eigenvalue weighted by Crippen LogP contribution is 2.19. The molecule has 148 valence electrons. The van der Waals surface area contributed by atoms with Gasteiger partial charge in [-0.25, -0.2) is 9.78 Å². The Kier molecular flexibility index (Phi) is 6.25. The van der Waals surface area contributed by atoms with Gasteiger partial charge in [-0.2, -0.15) is 4.98 Å². The van der Waals surface area contributed by atoms with Crippen molar-refractivity contribution in [1.29, 1.82) is 0 Å². The maximum atomic E-state index is 12.3. The highest BCUT2D eigenvalue weighted by atomic mass is 16.5. The Hall–Kier alpha value is -3.36. The number of imidazole rings is 1. The molecule has 0 saturated heterocycles. The number of carbonyl (C=O) groups is 1. The Bertz CT molecular complexity index is 903. The van der Waals surface area contributed by atoms with Gasteiger partial charge in [0, 0.05) is 44.5 Å². The van der Waals surface area contributed by atoms with Crippen LogP contribution >= 0.6 is 0 Å². The average molecular weight is 384 g/mol. The normalized spacial score (nSPS) is 10.7. The monoisotopic (exact) mass is 384 g/mol. The Morgan fingerprint density at radius 1 is 1.32 bits per heavy atom. The van der Waals surface area contributed by atoms with Crippen LogP contribution < -0.4 is 10.1 Å². The predicted octanol–water partition coefficient (Wildman–Crippen LogP) is 2.35. The van der Waals surface area contributed by atoms with E-state index in [2.05, 4.69) is 27.4 Å². The highest BCUT2D eigenvalue weighted by Gasteiger charge is 2.14. The molecule has 28 heavy (non-hydrogen) atoms. The molecule has 0 aliphatic carbocycles. The molecule has 0 unspecified atom stereocenters. The van der Waals surface area contributed by atoms with Gasteiger partial charge in [-0.05, 0) is 24.3 Å². The molecule has 2 amide bonds. The van der Waals surface area contributed by atoms with Crippen LogP contribution in [0.1, 0.15) is 18.6 Å². The lowest BCUT2D eigenvalue weighted by Gasteiger charge is -2.16. The molecular weight excluding hydrogens is 360 g/mol. The molecule has 3 aromatic rings. The van der Waals surface area contributed by atoms with Crippen LogP contribution in [0, 0.1) is 0 Å². The zero-order chi connectivity index (χ0) is 19.9. The predicted molar refractivity (Wildman–Crippen MR) is 103 cm³/mol. The molecule has 0 radical (unpaired) electrons. The second kappa shape index (κ2) is 9.03. The number of carbonyl (C=O) groups excluding carboxylic acids is 1. The summed E-state index contributed by atoms with van der Waals surface area (Å²) in [6.45, 7) is 3.45. The van der Waals surface area contributed by atoms with Crippen molar-refractivity contribution >= 4 is 6.03 Å². The number of methoxy groups -OCH3 is 1. The molecule has 0 spiro atoms. The zero-order valence-corrected chi connectivity index (χ0v) is 16.3. The van der Waals surface area contributed by atoms with Crippen LogP contribution in [0.4, 0.5) is 4.79 Å². The summed E-state index contributed by atoms with van der Waals surface area (Å²) >= 11 is 0. The van der Waals surface area contributed by atoms with E-state index in [0.717, 1.165) is 23.6 Å². The van der Waals surface area contributed by atoms with Crippen LogP contribution in [-0.2, 0) is 19.5 Å². The molecule has 9 nitrogen and oxygen atoms in total. The van der Waals surface area contributed by atoms with E-state index in [9.17, 15) is 4.79 Å². The first-order chi connectivity index (χ1) is 13.6. The number of hydrogen-bond acceptors (Lipinski definition) is 6. The summed E-state index contributed by atoms with van der Waals surface area (Å²) in [7, 11) is 3.29. The molecule has 0 fully saturated rings. The van der Waals surface area contributed by atoms with E-state index >= 15 is 0 Å². The largest absolute Gasteiger partial charge is 0.497 e. The van der Waals surface area contributed by atoms with Crippen molar-refractivity contribution < 1.29 is 14.1 Å². The zero-order valence-electron chi connectivity index (χ0n) is 16.3. The van der Waals surface area contributed by atoms with Crippen molar-refractivity contribution in [3.63, 3.8) is 0 Å². The fourth-order valence-corrected chi connectivity index (χ4v) is 2.73. The Labute approximate surface area is 163 Å². The molecule has 2 heterocycles. The van der Waals surface area contributed by atoms with Gasteiger partial charge in [0.05, 0.1) is 7.11 Å². The van der Waals surface area contributed by atoms with Gasteiger partial charge in [-0.1, -0.05) is 12.1 Å². The topological polar surface area (TPSA) is 98.3 Å². The SMILES string of the molecule is CCc1nccn1CCNC(=O)N(C)Cc1nc(-c2ccc(OC)cc2)no1. The molecule has 0 bridgehead atoms. The third-order valence-corrected chi connectivity index (χ3v) is 4.28. The molecule has 1 aromatic carbocycles. The summed E-state index contributed by atoms with van der Waals surface area (Å²) in [5, 5.41) is 6.85.